The van der Waals surface area contributed by atoms with Gasteiger partial charge >= 0.3 is 30.0 Å². The monoisotopic (exact) mass is 608 g/mol. The van der Waals surface area contributed by atoms with E-state index in [0.29, 0.717) is 0 Å². The molecule has 0 amide bonds. The van der Waals surface area contributed by atoms with Crippen molar-refractivity contribution in [3.05, 3.63) is 35.4 Å². The van der Waals surface area contributed by atoms with Crippen LogP contribution in [-0.4, -0.2) is 68.2 Å². The Bertz CT molecular complexity index is 1150. The summed E-state index contributed by atoms with van der Waals surface area (Å²) in [5.41, 5.74) is -1.57. The van der Waals surface area contributed by atoms with Gasteiger partial charge in [0.05, 0.1) is 26.4 Å². The van der Waals surface area contributed by atoms with Gasteiger partial charge in [-0.25, -0.2) is 4.79 Å². The van der Waals surface area contributed by atoms with Gasteiger partial charge in [-0.1, -0.05) is 72.7 Å². The predicted molar refractivity (Wildman–Crippen MR) is 157 cm³/mol. The van der Waals surface area contributed by atoms with Crippen molar-refractivity contribution in [3.8, 4) is 0 Å². The molecule has 0 aliphatic rings. The summed E-state index contributed by atoms with van der Waals surface area (Å²) in [7, 11) is 1.19. The maximum atomic E-state index is 12.8. The summed E-state index contributed by atoms with van der Waals surface area (Å²) in [6, 6.07) is 7.51. The number of esters is 3. The first-order valence-corrected chi connectivity index (χ1v) is 14.2. The zero-order valence-electron chi connectivity index (χ0n) is 27.2. The van der Waals surface area contributed by atoms with Gasteiger partial charge in [0, 0.05) is 10.8 Å². The highest BCUT2D eigenvalue weighted by atomic mass is 16.7. The SMILES string of the molecule is COC(=O)OCC(C)OC(=O)CC(C)(C)c1cccc(C(C)(C)CC(=O)OCC(C)(COC(=O)CC(C)(C)C)C(=O)O)c1. The Kier molecular flexibility index (Phi) is 13.2. The number of carboxylic acids is 1. The van der Waals surface area contributed by atoms with Crippen LogP contribution in [0.5, 0.6) is 0 Å². The van der Waals surface area contributed by atoms with Crippen LogP contribution in [0.2, 0.25) is 0 Å². The summed E-state index contributed by atoms with van der Waals surface area (Å²) in [6.45, 7) is 15.1. The Morgan fingerprint density at radius 1 is 0.744 bits per heavy atom. The van der Waals surface area contributed by atoms with E-state index in [4.69, 9.17) is 18.9 Å². The molecule has 1 rings (SSSR count). The molecule has 1 aromatic carbocycles. The first-order valence-electron chi connectivity index (χ1n) is 14.2. The lowest BCUT2D eigenvalue weighted by atomic mass is 9.76. The Morgan fingerprint density at radius 3 is 1.65 bits per heavy atom. The molecule has 0 aromatic heterocycles. The molecule has 0 bridgehead atoms. The topological polar surface area (TPSA) is 152 Å². The summed E-state index contributed by atoms with van der Waals surface area (Å²) < 4.78 is 25.2. The van der Waals surface area contributed by atoms with Gasteiger partial charge in [-0.15, -0.1) is 0 Å². The van der Waals surface area contributed by atoms with Gasteiger partial charge in [-0.05, 0) is 30.4 Å². The number of carbonyl (C=O) groups is 5. The van der Waals surface area contributed by atoms with Crippen LogP contribution in [-0.2, 0) is 53.7 Å². The Labute approximate surface area is 254 Å². The second kappa shape index (κ2) is 15.2. The van der Waals surface area contributed by atoms with E-state index in [9.17, 15) is 29.1 Å². The van der Waals surface area contributed by atoms with Crippen LogP contribution in [0.1, 0.15) is 92.7 Å². The van der Waals surface area contributed by atoms with E-state index in [-0.39, 0.29) is 31.3 Å². The Hall–Kier alpha value is -3.63. The highest BCUT2D eigenvalue weighted by Gasteiger charge is 2.38. The summed E-state index contributed by atoms with van der Waals surface area (Å²) in [4.78, 5) is 60.6. The minimum absolute atomic E-state index is 0.0455. The number of hydrogen-bond donors (Lipinski definition) is 1. The Morgan fingerprint density at radius 2 is 1.21 bits per heavy atom. The fourth-order valence-corrected chi connectivity index (χ4v) is 4.01. The molecule has 11 heteroatoms. The van der Waals surface area contributed by atoms with Crippen molar-refractivity contribution in [3.63, 3.8) is 0 Å². The number of methoxy groups -OCH3 is 1. The van der Waals surface area contributed by atoms with E-state index in [2.05, 4.69) is 4.74 Å². The van der Waals surface area contributed by atoms with E-state index >= 15 is 0 Å². The van der Waals surface area contributed by atoms with Crippen molar-refractivity contribution in [1.82, 2.24) is 0 Å². The lowest BCUT2D eigenvalue weighted by Crippen LogP contribution is -2.39. The van der Waals surface area contributed by atoms with Crippen molar-refractivity contribution in [1.29, 1.82) is 0 Å². The number of benzene rings is 1. The quantitative estimate of drug-likeness (QED) is 0.203. The third-order valence-corrected chi connectivity index (χ3v) is 6.83. The van der Waals surface area contributed by atoms with E-state index in [1.54, 1.807) is 6.92 Å². The van der Waals surface area contributed by atoms with Crippen molar-refractivity contribution >= 4 is 30.0 Å². The number of carboxylic acid groups (broad SMARTS) is 1. The first-order chi connectivity index (χ1) is 19.6. The molecule has 0 aliphatic carbocycles. The summed E-state index contributed by atoms with van der Waals surface area (Å²) in [5, 5.41) is 9.74. The standard InChI is InChI=1S/C32H48O11/c1-21(18-40-28(38)39-10)43-26(35)17-31(7,8)23-13-11-12-22(14-23)30(5,6)16-25(34)42-20-32(9,27(36)37)19-41-24(33)15-29(2,3)4/h11-14,21H,15-20H2,1-10H3,(H,36,37). The van der Waals surface area contributed by atoms with Crippen molar-refractivity contribution in [2.24, 2.45) is 10.8 Å². The number of hydrogen-bond acceptors (Lipinski definition) is 10. The molecule has 0 heterocycles. The van der Waals surface area contributed by atoms with Crippen molar-refractivity contribution < 1.29 is 52.8 Å². The van der Waals surface area contributed by atoms with Gasteiger partial charge < -0.3 is 28.8 Å². The average molecular weight is 609 g/mol. The number of rotatable bonds is 15. The minimum atomic E-state index is -1.60. The van der Waals surface area contributed by atoms with Gasteiger partial charge in [-0.3, -0.25) is 19.2 Å². The maximum absolute atomic E-state index is 12.8. The van der Waals surface area contributed by atoms with Crippen molar-refractivity contribution in [2.45, 2.75) is 98.5 Å². The second-order valence-electron chi connectivity index (χ2n) is 13.7. The predicted octanol–water partition coefficient (Wildman–Crippen LogP) is 5.35. The van der Waals surface area contributed by atoms with E-state index in [1.165, 1.54) is 14.0 Å². The number of aliphatic carboxylic acids is 1. The maximum Gasteiger partial charge on any atom is 0.508 e. The van der Waals surface area contributed by atoms with Gasteiger partial charge in [-0.2, -0.15) is 0 Å². The molecule has 0 saturated carbocycles. The molecule has 2 atom stereocenters. The van der Waals surface area contributed by atoms with Gasteiger partial charge in [0.2, 0.25) is 0 Å². The Balaban J connectivity index is 2.86. The number of carbonyl (C=O) groups excluding carboxylic acids is 4. The molecular weight excluding hydrogens is 560 g/mol. The highest BCUT2D eigenvalue weighted by molar-refractivity contribution is 5.77. The van der Waals surface area contributed by atoms with Crippen LogP contribution >= 0.6 is 0 Å². The first kappa shape index (κ1) is 37.4. The third-order valence-electron chi connectivity index (χ3n) is 6.83. The highest BCUT2D eigenvalue weighted by Crippen LogP contribution is 2.34. The van der Waals surface area contributed by atoms with Crippen LogP contribution in [0.15, 0.2) is 24.3 Å². The molecule has 2 unspecified atom stereocenters. The van der Waals surface area contributed by atoms with Crippen LogP contribution in [0.3, 0.4) is 0 Å². The zero-order chi connectivity index (χ0) is 33.2. The van der Waals surface area contributed by atoms with Gasteiger partial charge in [0.1, 0.15) is 31.3 Å². The third kappa shape index (κ3) is 13.0. The van der Waals surface area contributed by atoms with Crippen LogP contribution in [0.4, 0.5) is 4.79 Å². The van der Waals surface area contributed by atoms with E-state index in [1.807, 2.05) is 72.7 Å². The number of ether oxygens (including phenoxy) is 5. The summed E-state index contributed by atoms with van der Waals surface area (Å²) in [6.07, 6.45) is -1.39. The molecule has 11 nitrogen and oxygen atoms in total. The van der Waals surface area contributed by atoms with Gasteiger partial charge in [0.25, 0.3) is 0 Å². The molecule has 43 heavy (non-hydrogen) atoms. The van der Waals surface area contributed by atoms with E-state index in [0.717, 1.165) is 11.1 Å². The molecule has 0 radical (unpaired) electrons. The molecular formula is C32H48O11. The van der Waals surface area contributed by atoms with Crippen LogP contribution in [0, 0.1) is 10.8 Å². The molecule has 1 N–H and O–H groups in total. The molecule has 242 valence electrons. The second-order valence-corrected chi connectivity index (χ2v) is 13.7. The smallest absolute Gasteiger partial charge is 0.481 e. The minimum Gasteiger partial charge on any atom is -0.481 e. The molecule has 0 spiro atoms. The summed E-state index contributed by atoms with van der Waals surface area (Å²) >= 11 is 0. The fraction of sp³-hybridized carbons (Fsp3) is 0.656. The fourth-order valence-electron chi connectivity index (χ4n) is 4.01. The van der Waals surface area contributed by atoms with Gasteiger partial charge in [0.15, 0.2) is 0 Å². The van der Waals surface area contributed by atoms with Crippen molar-refractivity contribution in [2.75, 3.05) is 26.9 Å². The van der Waals surface area contributed by atoms with Crippen LogP contribution in [0.25, 0.3) is 0 Å². The summed E-state index contributed by atoms with van der Waals surface area (Å²) in [5.74, 6) is -2.84. The lowest BCUT2D eigenvalue weighted by Gasteiger charge is -2.30. The molecule has 0 fully saturated rings. The van der Waals surface area contributed by atoms with E-state index < -0.39 is 65.6 Å². The lowest BCUT2D eigenvalue weighted by molar-refractivity contribution is -0.166. The van der Waals surface area contributed by atoms with Crippen LogP contribution < -0.4 is 0 Å². The average Bonchev–Trinajstić information content (AvgIpc) is 2.87. The zero-order valence-corrected chi connectivity index (χ0v) is 27.2. The largest absolute Gasteiger partial charge is 0.508 e. The molecule has 0 saturated heterocycles. The molecule has 0 aliphatic heterocycles. The normalized spacial score (nSPS) is 14.1. The molecule has 1 aromatic rings.